The lowest BCUT2D eigenvalue weighted by atomic mass is 10.4. The van der Waals surface area contributed by atoms with Crippen molar-refractivity contribution >= 4 is 5.69 Å². The van der Waals surface area contributed by atoms with Gasteiger partial charge in [0.05, 0.1) is 12.8 Å². The average Bonchev–Trinajstić information content (AvgIpc) is 2.25. The Morgan fingerprint density at radius 1 is 1.38 bits per heavy atom. The van der Waals surface area contributed by atoms with Crippen LogP contribution in [0.2, 0.25) is 0 Å². The van der Waals surface area contributed by atoms with Crippen molar-refractivity contribution in [1.29, 1.82) is 0 Å². The summed E-state index contributed by atoms with van der Waals surface area (Å²) in [5.74, 6) is 0.0512. The average molecular weight is 236 g/mol. The van der Waals surface area contributed by atoms with Crippen LogP contribution in [0.1, 0.15) is 0 Å². The number of nitrogens with zero attached hydrogens (tertiary/aromatic N) is 1. The predicted octanol–water partition coefficient (Wildman–Crippen LogP) is 2.07. The lowest BCUT2D eigenvalue weighted by Crippen LogP contribution is -2.19. The number of hydrogen-bond donors (Lipinski definition) is 1. The minimum absolute atomic E-state index is 0.131. The van der Waals surface area contributed by atoms with Crippen LogP contribution in [0.15, 0.2) is 12.1 Å². The van der Waals surface area contributed by atoms with Crippen LogP contribution in [-0.4, -0.2) is 31.9 Å². The lowest BCUT2D eigenvalue weighted by molar-refractivity contribution is -0.154. The first-order valence-corrected chi connectivity index (χ1v) is 4.38. The van der Waals surface area contributed by atoms with Gasteiger partial charge in [-0.3, -0.25) is 0 Å². The van der Waals surface area contributed by atoms with Crippen LogP contribution in [0, 0.1) is 0 Å². The van der Waals surface area contributed by atoms with E-state index in [1.807, 2.05) is 0 Å². The number of halogens is 3. The third-order valence-corrected chi connectivity index (χ3v) is 1.68. The van der Waals surface area contributed by atoms with Gasteiger partial charge in [0.1, 0.15) is 0 Å². The van der Waals surface area contributed by atoms with E-state index in [0.29, 0.717) is 5.69 Å². The van der Waals surface area contributed by atoms with Crippen LogP contribution >= 0.6 is 0 Å². The van der Waals surface area contributed by atoms with Gasteiger partial charge in [0.15, 0.2) is 6.61 Å². The van der Waals surface area contributed by atoms with E-state index in [2.05, 4.69) is 15.0 Å². The van der Waals surface area contributed by atoms with Gasteiger partial charge in [0, 0.05) is 13.1 Å². The fourth-order valence-corrected chi connectivity index (χ4v) is 1.01. The van der Waals surface area contributed by atoms with E-state index < -0.39 is 12.8 Å². The summed E-state index contributed by atoms with van der Waals surface area (Å²) in [6.07, 6.45) is -4.38. The largest absolute Gasteiger partial charge is 0.479 e. The summed E-state index contributed by atoms with van der Waals surface area (Å²) in [6, 6.07) is 2.86. The molecule has 1 heterocycles. The number of rotatable bonds is 4. The predicted molar refractivity (Wildman–Crippen MR) is 51.9 cm³/mol. The Kier molecular flexibility index (Phi) is 3.81. The molecule has 1 N–H and O–H groups in total. The van der Waals surface area contributed by atoms with Crippen molar-refractivity contribution < 1.29 is 22.6 Å². The molecular formula is C9H11F3N2O2. The molecule has 1 aromatic heterocycles. The van der Waals surface area contributed by atoms with Gasteiger partial charge in [-0.1, -0.05) is 0 Å². The highest BCUT2D eigenvalue weighted by atomic mass is 19.4. The zero-order valence-electron chi connectivity index (χ0n) is 8.76. The number of aromatic nitrogens is 1. The third kappa shape index (κ3) is 3.48. The van der Waals surface area contributed by atoms with E-state index >= 15 is 0 Å². The van der Waals surface area contributed by atoms with Gasteiger partial charge < -0.3 is 14.8 Å². The number of pyridine rings is 1. The Hall–Kier alpha value is -1.66. The maximum Gasteiger partial charge on any atom is 0.422 e. The second kappa shape index (κ2) is 4.91. The summed E-state index contributed by atoms with van der Waals surface area (Å²) in [7, 11) is 3.02. The van der Waals surface area contributed by atoms with Crippen molar-refractivity contribution in [3.63, 3.8) is 0 Å². The Bertz CT molecular complexity index is 355. The second-order valence-corrected chi connectivity index (χ2v) is 2.86. The topological polar surface area (TPSA) is 43.4 Å². The monoisotopic (exact) mass is 236 g/mol. The van der Waals surface area contributed by atoms with Crippen LogP contribution in [0.3, 0.4) is 0 Å². The van der Waals surface area contributed by atoms with Crippen molar-refractivity contribution in [3.05, 3.63) is 12.1 Å². The molecule has 0 aromatic carbocycles. The number of alkyl halides is 3. The molecule has 0 spiro atoms. The number of anilines is 1. The van der Waals surface area contributed by atoms with Gasteiger partial charge in [-0.2, -0.15) is 18.2 Å². The molecule has 1 rings (SSSR count). The van der Waals surface area contributed by atoms with E-state index in [-0.39, 0.29) is 11.8 Å². The number of hydrogen-bond acceptors (Lipinski definition) is 4. The second-order valence-electron chi connectivity index (χ2n) is 2.86. The standard InChI is InChI=1S/C9H11F3N2O2/c1-13-6-3-4-7(14-8(6)15-2)16-5-9(10,11)12/h3-4,13H,5H2,1-2H3. The summed E-state index contributed by atoms with van der Waals surface area (Å²) in [6.45, 7) is -1.37. The Labute approximate surface area is 90.4 Å². The molecule has 1 aromatic rings. The summed E-state index contributed by atoms with van der Waals surface area (Å²) in [5, 5.41) is 2.78. The van der Waals surface area contributed by atoms with E-state index in [9.17, 15) is 13.2 Å². The van der Waals surface area contributed by atoms with Crippen LogP contribution in [0.5, 0.6) is 11.8 Å². The molecule has 0 aliphatic rings. The van der Waals surface area contributed by atoms with Gasteiger partial charge in [-0.25, -0.2) is 0 Å². The summed E-state index contributed by atoms with van der Waals surface area (Å²) >= 11 is 0. The molecule has 16 heavy (non-hydrogen) atoms. The lowest BCUT2D eigenvalue weighted by Gasteiger charge is -2.11. The first kappa shape index (κ1) is 12.4. The molecule has 0 saturated carbocycles. The van der Waals surface area contributed by atoms with Gasteiger partial charge in [0.2, 0.25) is 11.8 Å². The van der Waals surface area contributed by atoms with E-state index in [0.717, 1.165) is 0 Å². The molecule has 4 nitrogen and oxygen atoms in total. The number of methoxy groups -OCH3 is 1. The summed E-state index contributed by atoms with van der Waals surface area (Å²) in [4.78, 5) is 3.76. The van der Waals surface area contributed by atoms with E-state index in [4.69, 9.17) is 4.74 Å². The molecule has 7 heteroatoms. The molecule has 0 unspecified atom stereocenters. The SMILES string of the molecule is CNc1ccc(OCC(F)(F)F)nc1OC. The smallest absolute Gasteiger partial charge is 0.422 e. The maximum atomic E-state index is 11.9. The number of ether oxygens (including phenoxy) is 2. The fourth-order valence-electron chi connectivity index (χ4n) is 1.01. The molecule has 90 valence electrons. The van der Waals surface area contributed by atoms with Crippen molar-refractivity contribution in [1.82, 2.24) is 4.98 Å². The molecule has 0 atom stereocenters. The van der Waals surface area contributed by atoms with Crippen molar-refractivity contribution in [3.8, 4) is 11.8 Å². The van der Waals surface area contributed by atoms with Gasteiger partial charge in [-0.05, 0) is 6.07 Å². The molecule has 0 aliphatic heterocycles. The molecule has 0 aliphatic carbocycles. The zero-order valence-corrected chi connectivity index (χ0v) is 8.76. The molecular weight excluding hydrogens is 225 g/mol. The van der Waals surface area contributed by atoms with Gasteiger partial charge >= 0.3 is 6.18 Å². The molecule has 0 bridgehead atoms. The van der Waals surface area contributed by atoms with Crippen LogP contribution in [0.4, 0.5) is 18.9 Å². The summed E-state index contributed by atoms with van der Waals surface area (Å²) < 4.78 is 45.0. The van der Waals surface area contributed by atoms with Crippen molar-refractivity contribution in [2.75, 3.05) is 26.1 Å². The highest BCUT2D eigenvalue weighted by Crippen LogP contribution is 2.25. The Morgan fingerprint density at radius 2 is 2.06 bits per heavy atom. The minimum atomic E-state index is -4.38. The van der Waals surface area contributed by atoms with Crippen LogP contribution in [0.25, 0.3) is 0 Å². The Morgan fingerprint density at radius 3 is 2.56 bits per heavy atom. The Balaban J connectivity index is 2.75. The van der Waals surface area contributed by atoms with Crippen LogP contribution < -0.4 is 14.8 Å². The van der Waals surface area contributed by atoms with Gasteiger partial charge in [-0.15, -0.1) is 0 Å². The highest BCUT2D eigenvalue weighted by Gasteiger charge is 2.28. The van der Waals surface area contributed by atoms with E-state index in [1.54, 1.807) is 7.05 Å². The highest BCUT2D eigenvalue weighted by molar-refractivity contribution is 5.53. The fraction of sp³-hybridized carbons (Fsp3) is 0.444. The summed E-state index contributed by atoms with van der Waals surface area (Å²) in [5.41, 5.74) is 0.571. The van der Waals surface area contributed by atoms with Crippen LogP contribution in [-0.2, 0) is 0 Å². The maximum absolute atomic E-state index is 11.9. The normalized spacial score (nSPS) is 11.1. The minimum Gasteiger partial charge on any atom is -0.479 e. The first-order valence-electron chi connectivity index (χ1n) is 4.38. The van der Waals surface area contributed by atoms with E-state index in [1.165, 1.54) is 19.2 Å². The zero-order chi connectivity index (χ0) is 12.2. The molecule has 0 radical (unpaired) electrons. The molecule has 0 saturated heterocycles. The molecule has 0 fully saturated rings. The van der Waals surface area contributed by atoms with Crippen molar-refractivity contribution in [2.24, 2.45) is 0 Å². The van der Waals surface area contributed by atoms with Crippen molar-refractivity contribution in [2.45, 2.75) is 6.18 Å². The van der Waals surface area contributed by atoms with Gasteiger partial charge in [0.25, 0.3) is 0 Å². The third-order valence-electron chi connectivity index (χ3n) is 1.68. The number of nitrogens with one attached hydrogen (secondary N) is 1. The quantitative estimate of drug-likeness (QED) is 0.869. The molecule has 0 amide bonds. The first-order chi connectivity index (χ1) is 7.46.